The van der Waals surface area contributed by atoms with Crippen molar-refractivity contribution < 1.29 is 4.79 Å². The number of likely N-dealkylation sites (N-methyl/N-ethyl adjacent to an activating group) is 1. The van der Waals surface area contributed by atoms with Gasteiger partial charge in [0, 0.05) is 44.1 Å². The van der Waals surface area contributed by atoms with Gasteiger partial charge in [-0.15, -0.1) is 0 Å². The summed E-state index contributed by atoms with van der Waals surface area (Å²) >= 11 is 0. The summed E-state index contributed by atoms with van der Waals surface area (Å²) < 4.78 is 0. The van der Waals surface area contributed by atoms with Crippen LogP contribution in [0.5, 0.6) is 0 Å². The maximum Gasteiger partial charge on any atom is 0.141 e. The quantitative estimate of drug-likeness (QED) is 0.830. The summed E-state index contributed by atoms with van der Waals surface area (Å²) in [5, 5.41) is 0. The van der Waals surface area contributed by atoms with Gasteiger partial charge < -0.3 is 4.90 Å². The molecule has 25 heavy (non-hydrogen) atoms. The van der Waals surface area contributed by atoms with Crippen molar-refractivity contribution in [2.24, 2.45) is 23.7 Å². The third kappa shape index (κ3) is 3.98. The minimum absolute atomic E-state index is 0.131. The van der Waals surface area contributed by atoms with Crippen LogP contribution in [0.1, 0.15) is 45.2 Å². The number of Topliss-reactive ketones (excluding diaryl/α,β-unsaturated/α-hetero) is 1. The van der Waals surface area contributed by atoms with Gasteiger partial charge in [-0.2, -0.15) is 0 Å². The van der Waals surface area contributed by atoms with E-state index in [1.54, 1.807) is 0 Å². The van der Waals surface area contributed by atoms with Crippen LogP contribution in [0.15, 0.2) is 30.3 Å². The summed E-state index contributed by atoms with van der Waals surface area (Å²) in [5.74, 6) is 1.80. The second-order valence-electron chi connectivity index (χ2n) is 8.53. The van der Waals surface area contributed by atoms with E-state index in [4.69, 9.17) is 0 Å². The van der Waals surface area contributed by atoms with E-state index < -0.39 is 0 Å². The Balaban J connectivity index is 1.93. The van der Waals surface area contributed by atoms with Gasteiger partial charge in [-0.05, 0) is 37.3 Å². The van der Waals surface area contributed by atoms with Gasteiger partial charge in [-0.25, -0.2) is 0 Å². The normalized spacial score (nSPS) is 30.6. The molecule has 3 nitrogen and oxygen atoms in total. The predicted octanol–water partition coefficient (Wildman–Crippen LogP) is 3.86. The van der Waals surface area contributed by atoms with Crippen molar-refractivity contribution >= 4 is 5.78 Å². The van der Waals surface area contributed by atoms with Crippen LogP contribution >= 0.6 is 0 Å². The largest absolute Gasteiger partial charge is 0.304 e. The van der Waals surface area contributed by atoms with Crippen molar-refractivity contribution in [3.63, 3.8) is 0 Å². The van der Waals surface area contributed by atoms with E-state index in [0.717, 1.165) is 32.6 Å². The fourth-order valence-corrected chi connectivity index (χ4v) is 4.82. The van der Waals surface area contributed by atoms with Gasteiger partial charge in [-0.3, -0.25) is 9.69 Å². The smallest absolute Gasteiger partial charge is 0.141 e. The topological polar surface area (TPSA) is 23.6 Å². The highest BCUT2D eigenvalue weighted by atomic mass is 16.1. The number of ketones is 1. The number of hydrogen-bond acceptors (Lipinski definition) is 3. The van der Waals surface area contributed by atoms with Gasteiger partial charge in [0.05, 0.1) is 0 Å². The molecule has 4 atom stereocenters. The van der Waals surface area contributed by atoms with Gasteiger partial charge in [0.15, 0.2) is 0 Å². The van der Waals surface area contributed by atoms with Crippen molar-refractivity contribution in [1.82, 2.24) is 9.80 Å². The van der Waals surface area contributed by atoms with E-state index >= 15 is 0 Å². The molecule has 1 aromatic rings. The highest BCUT2D eigenvalue weighted by molar-refractivity contribution is 5.85. The van der Waals surface area contributed by atoms with Crippen LogP contribution in [0.3, 0.4) is 0 Å². The summed E-state index contributed by atoms with van der Waals surface area (Å²) in [6.45, 7) is 11.0. The first kappa shape index (κ1) is 18.6. The molecule has 1 heterocycles. The number of rotatable bonds is 4. The van der Waals surface area contributed by atoms with E-state index in [1.807, 2.05) is 0 Å². The fourth-order valence-electron chi connectivity index (χ4n) is 4.82. The minimum atomic E-state index is 0.131. The molecule has 0 amide bonds. The first-order chi connectivity index (χ1) is 12.0. The lowest BCUT2D eigenvalue weighted by Crippen LogP contribution is -2.51. The minimum Gasteiger partial charge on any atom is -0.304 e. The molecule has 2 fully saturated rings. The highest BCUT2D eigenvalue weighted by Crippen LogP contribution is 2.43. The molecule has 0 N–H and O–H groups in total. The molecule has 3 heteroatoms. The lowest BCUT2D eigenvalue weighted by molar-refractivity contribution is -0.136. The summed E-state index contributed by atoms with van der Waals surface area (Å²) in [7, 11) is 2.19. The zero-order valence-corrected chi connectivity index (χ0v) is 16.3. The highest BCUT2D eigenvalue weighted by Gasteiger charge is 2.44. The van der Waals surface area contributed by atoms with Crippen LogP contribution in [0, 0.1) is 23.7 Å². The van der Waals surface area contributed by atoms with Crippen LogP contribution in [0.25, 0.3) is 0 Å². The summed E-state index contributed by atoms with van der Waals surface area (Å²) in [6, 6.07) is 11.0. The van der Waals surface area contributed by atoms with Crippen molar-refractivity contribution in [2.75, 3.05) is 33.2 Å². The maximum absolute atomic E-state index is 13.5. The summed E-state index contributed by atoms with van der Waals surface area (Å²) in [5.41, 5.74) is 1.32. The molecule has 1 aromatic carbocycles. The SMILES string of the molecule is CC(C)[C@@H]1CC[C@@H](C)[C@@H]([C@@H](c2ccccc2)N2CCN(C)CC2)C1=O. The predicted molar refractivity (Wildman–Crippen MR) is 103 cm³/mol. The Kier molecular flexibility index (Phi) is 5.96. The lowest BCUT2D eigenvalue weighted by atomic mass is 9.66. The molecule has 1 aliphatic carbocycles. The average molecular weight is 343 g/mol. The average Bonchev–Trinajstić information content (AvgIpc) is 2.60. The zero-order chi connectivity index (χ0) is 18.0. The van der Waals surface area contributed by atoms with E-state index in [0.29, 0.717) is 17.6 Å². The molecule has 0 bridgehead atoms. The Bertz CT molecular complexity index is 563. The second kappa shape index (κ2) is 8.01. The first-order valence-corrected chi connectivity index (χ1v) is 10.00. The third-order valence-corrected chi connectivity index (χ3v) is 6.46. The van der Waals surface area contributed by atoms with Crippen LogP contribution in [0.2, 0.25) is 0 Å². The Morgan fingerprint density at radius 2 is 1.64 bits per heavy atom. The molecule has 1 aliphatic heterocycles. The summed E-state index contributed by atoms with van der Waals surface area (Å²) in [4.78, 5) is 18.4. The van der Waals surface area contributed by atoms with Crippen LogP contribution in [-0.4, -0.2) is 48.8 Å². The van der Waals surface area contributed by atoms with Crippen molar-refractivity contribution in [3.05, 3.63) is 35.9 Å². The second-order valence-corrected chi connectivity index (χ2v) is 8.53. The molecule has 1 saturated carbocycles. The Labute approximate surface area is 153 Å². The molecule has 0 unspecified atom stereocenters. The van der Waals surface area contributed by atoms with Gasteiger partial charge in [0.1, 0.15) is 5.78 Å². The number of benzene rings is 1. The van der Waals surface area contributed by atoms with E-state index in [-0.39, 0.29) is 17.9 Å². The molecular weight excluding hydrogens is 308 g/mol. The van der Waals surface area contributed by atoms with Crippen LogP contribution < -0.4 is 0 Å². The molecule has 0 aromatic heterocycles. The van der Waals surface area contributed by atoms with E-state index in [1.165, 1.54) is 12.0 Å². The van der Waals surface area contributed by atoms with Crippen molar-refractivity contribution in [2.45, 2.75) is 39.7 Å². The molecular formula is C22H34N2O. The van der Waals surface area contributed by atoms with Crippen molar-refractivity contribution in [3.8, 4) is 0 Å². The summed E-state index contributed by atoms with van der Waals surface area (Å²) in [6.07, 6.45) is 2.24. The number of carbonyl (C=O) groups is 1. The zero-order valence-electron chi connectivity index (χ0n) is 16.3. The molecule has 138 valence electrons. The van der Waals surface area contributed by atoms with Gasteiger partial charge in [0.25, 0.3) is 0 Å². The standard InChI is InChI=1S/C22H34N2O/c1-16(2)19-11-10-17(3)20(22(19)25)21(18-8-6-5-7-9-18)24-14-12-23(4)13-15-24/h5-9,16-17,19-21H,10-15H2,1-4H3/t17-,19+,20+,21-/m1/s1. The number of piperazine rings is 1. The Morgan fingerprint density at radius 3 is 2.24 bits per heavy atom. The van der Waals surface area contributed by atoms with Crippen LogP contribution in [-0.2, 0) is 4.79 Å². The Hall–Kier alpha value is -1.19. The van der Waals surface area contributed by atoms with Gasteiger partial charge in [-0.1, -0.05) is 51.1 Å². The van der Waals surface area contributed by atoms with Crippen molar-refractivity contribution in [1.29, 1.82) is 0 Å². The molecule has 2 aliphatic rings. The molecule has 0 radical (unpaired) electrons. The number of hydrogen-bond donors (Lipinski definition) is 0. The first-order valence-electron chi connectivity index (χ1n) is 10.00. The van der Waals surface area contributed by atoms with Crippen LogP contribution in [0.4, 0.5) is 0 Å². The molecule has 0 spiro atoms. The van der Waals surface area contributed by atoms with E-state index in [2.05, 4.69) is 68.0 Å². The molecule has 1 saturated heterocycles. The number of nitrogens with zero attached hydrogens (tertiary/aromatic N) is 2. The fraction of sp³-hybridized carbons (Fsp3) is 0.682. The number of carbonyl (C=O) groups excluding carboxylic acids is 1. The third-order valence-electron chi connectivity index (χ3n) is 6.46. The van der Waals surface area contributed by atoms with Gasteiger partial charge in [0.2, 0.25) is 0 Å². The monoisotopic (exact) mass is 342 g/mol. The maximum atomic E-state index is 13.5. The van der Waals surface area contributed by atoms with Gasteiger partial charge >= 0.3 is 0 Å². The lowest BCUT2D eigenvalue weighted by Gasteiger charge is -2.46. The molecule has 3 rings (SSSR count). The Morgan fingerprint density at radius 1 is 1.00 bits per heavy atom. The van der Waals surface area contributed by atoms with E-state index in [9.17, 15) is 4.79 Å².